The van der Waals surface area contributed by atoms with Gasteiger partial charge >= 0.3 is 12.1 Å². The third-order valence-electron chi connectivity index (χ3n) is 7.11. The number of nitrogens with zero attached hydrogens (tertiary/aromatic N) is 1. The maximum Gasteiger partial charge on any atom is 0.453 e. The van der Waals surface area contributed by atoms with E-state index in [9.17, 15) is 22.8 Å². The number of ether oxygens (including phenoxy) is 4. The molecule has 0 unspecified atom stereocenters. The summed E-state index contributed by atoms with van der Waals surface area (Å²) >= 11 is 0. The summed E-state index contributed by atoms with van der Waals surface area (Å²) in [6, 6.07) is 15.4. The quantitative estimate of drug-likeness (QED) is 0.140. The van der Waals surface area contributed by atoms with Crippen LogP contribution in [0, 0.1) is 0 Å². The number of carbonyl (C=O) groups excluding carboxylic acids is 1. The second-order valence-electron chi connectivity index (χ2n) is 10.2. The first-order valence-electron chi connectivity index (χ1n) is 14.4. The summed E-state index contributed by atoms with van der Waals surface area (Å²) in [5.74, 6) is -2.68. The Hall–Kier alpha value is -4.35. The van der Waals surface area contributed by atoms with Gasteiger partial charge in [0.25, 0.3) is 5.76 Å². The topological polar surface area (TPSA) is 87.4 Å². The van der Waals surface area contributed by atoms with E-state index in [1.165, 1.54) is 36.4 Å². The van der Waals surface area contributed by atoms with Gasteiger partial charge in [-0.3, -0.25) is 9.69 Å². The molecule has 0 radical (unpaired) electrons. The van der Waals surface area contributed by atoms with Crippen molar-refractivity contribution in [2.75, 3.05) is 32.9 Å². The van der Waals surface area contributed by atoms with E-state index in [2.05, 4.69) is 0 Å². The van der Waals surface area contributed by atoms with Gasteiger partial charge in [0, 0.05) is 19.6 Å². The van der Waals surface area contributed by atoms with Crippen LogP contribution in [0.4, 0.5) is 13.2 Å². The molecular formula is C33H32F3NO7. The van der Waals surface area contributed by atoms with E-state index in [4.69, 9.17) is 23.4 Å². The predicted molar refractivity (Wildman–Crippen MR) is 157 cm³/mol. The van der Waals surface area contributed by atoms with Gasteiger partial charge < -0.3 is 23.4 Å². The number of fused-ring (bicyclic) bond motifs is 1. The molecule has 1 aliphatic rings. The molecule has 8 nitrogen and oxygen atoms in total. The fourth-order valence-corrected chi connectivity index (χ4v) is 4.93. The molecule has 3 aromatic carbocycles. The fraction of sp³-hybridized carbons (Fsp3) is 0.333. The van der Waals surface area contributed by atoms with Gasteiger partial charge in [0.05, 0.1) is 36.3 Å². The molecule has 1 aromatic heterocycles. The molecule has 1 aliphatic heterocycles. The van der Waals surface area contributed by atoms with E-state index in [1.54, 1.807) is 24.3 Å². The lowest BCUT2D eigenvalue weighted by molar-refractivity contribution is -0.154. The van der Waals surface area contributed by atoms with Crippen molar-refractivity contribution in [1.29, 1.82) is 0 Å². The van der Waals surface area contributed by atoms with Crippen LogP contribution in [0.25, 0.3) is 11.0 Å². The number of carbonyl (C=O) groups is 1. The van der Waals surface area contributed by atoms with Gasteiger partial charge in [0.1, 0.15) is 22.8 Å². The van der Waals surface area contributed by atoms with E-state index in [-0.39, 0.29) is 40.1 Å². The Labute approximate surface area is 251 Å². The van der Waals surface area contributed by atoms with Crippen LogP contribution < -0.4 is 19.6 Å². The van der Waals surface area contributed by atoms with E-state index < -0.39 is 29.1 Å². The molecule has 0 atom stereocenters. The third kappa shape index (κ3) is 7.06. The lowest BCUT2D eigenvalue weighted by Gasteiger charge is -2.27. The summed E-state index contributed by atoms with van der Waals surface area (Å²) in [5, 5.41) is -0.139. The predicted octanol–water partition coefficient (Wildman–Crippen LogP) is 7.01. The van der Waals surface area contributed by atoms with Crippen LogP contribution in [-0.2, 0) is 23.9 Å². The third-order valence-corrected chi connectivity index (χ3v) is 7.11. The normalized spacial score (nSPS) is 14.0. The number of morpholine rings is 1. The van der Waals surface area contributed by atoms with Crippen molar-refractivity contribution in [3.63, 3.8) is 0 Å². The highest BCUT2D eigenvalue weighted by Gasteiger charge is 2.41. The molecule has 1 saturated heterocycles. The SMILES string of the molecule is CCCc1ccc(Oc2c(C(F)(F)F)oc3c(CN4CCOCC4)c(OC(=O)c4ccc(OCC)cc4)ccc3c2=O)cc1. The second-order valence-corrected chi connectivity index (χ2v) is 10.2. The molecule has 0 spiro atoms. The highest BCUT2D eigenvalue weighted by molar-refractivity contribution is 5.92. The second kappa shape index (κ2) is 13.5. The Balaban J connectivity index is 1.59. The van der Waals surface area contributed by atoms with Crippen molar-refractivity contribution in [2.45, 2.75) is 39.4 Å². The summed E-state index contributed by atoms with van der Waals surface area (Å²) in [6.45, 7) is 6.14. The zero-order valence-corrected chi connectivity index (χ0v) is 24.4. The van der Waals surface area contributed by atoms with Crippen LogP contribution in [0.5, 0.6) is 23.0 Å². The van der Waals surface area contributed by atoms with Crippen molar-refractivity contribution in [3.8, 4) is 23.0 Å². The maximum atomic E-state index is 14.4. The van der Waals surface area contributed by atoms with E-state index in [1.807, 2.05) is 18.7 Å². The Morgan fingerprint density at radius 1 is 0.932 bits per heavy atom. The zero-order chi connectivity index (χ0) is 31.3. The Kier molecular flexibility index (Phi) is 9.55. The Bertz CT molecular complexity index is 1660. The van der Waals surface area contributed by atoms with Gasteiger partial charge in [-0.15, -0.1) is 0 Å². The maximum absolute atomic E-state index is 14.4. The number of benzene rings is 3. The van der Waals surface area contributed by atoms with E-state index in [0.717, 1.165) is 18.4 Å². The van der Waals surface area contributed by atoms with Crippen LogP contribution >= 0.6 is 0 Å². The molecule has 232 valence electrons. The fourth-order valence-electron chi connectivity index (χ4n) is 4.93. The summed E-state index contributed by atoms with van der Waals surface area (Å²) in [5.41, 5.74) is -0.0134. The van der Waals surface area contributed by atoms with Crippen LogP contribution in [-0.4, -0.2) is 43.8 Å². The van der Waals surface area contributed by atoms with E-state index in [0.29, 0.717) is 38.7 Å². The van der Waals surface area contributed by atoms with Crippen molar-refractivity contribution in [1.82, 2.24) is 4.90 Å². The monoisotopic (exact) mass is 611 g/mol. The molecule has 0 amide bonds. The number of hydrogen-bond donors (Lipinski definition) is 0. The van der Waals surface area contributed by atoms with Crippen LogP contribution in [0.15, 0.2) is 69.9 Å². The first-order chi connectivity index (χ1) is 21.2. The minimum atomic E-state index is -5.06. The minimum absolute atomic E-state index is 0.0284. The van der Waals surface area contributed by atoms with Gasteiger partial charge in [-0.1, -0.05) is 25.5 Å². The molecule has 11 heteroatoms. The van der Waals surface area contributed by atoms with Gasteiger partial charge in [-0.25, -0.2) is 4.79 Å². The molecule has 2 heterocycles. The molecule has 0 bridgehead atoms. The number of rotatable bonds is 10. The summed E-state index contributed by atoms with van der Waals surface area (Å²) in [4.78, 5) is 28.6. The largest absolute Gasteiger partial charge is 0.494 e. The van der Waals surface area contributed by atoms with E-state index >= 15 is 0 Å². The summed E-state index contributed by atoms with van der Waals surface area (Å²) < 4.78 is 70.7. The van der Waals surface area contributed by atoms with Crippen molar-refractivity contribution in [3.05, 3.63) is 93.3 Å². The van der Waals surface area contributed by atoms with Gasteiger partial charge in [0.15, 0.2) is 0 Å². The molecular weight excluding hydrogens is 579 g/mol. The average molecular weight is 612 g/mol. The van der Waals surface area contributed by atoms with Gasteiger partial charge in [0.2, 0.25) is 11.2 Å². The molecule has 44 heavy (non-hydrogen) atoms. The molecule has 0 aliphatic carbocycles. The number of esters is 1. The standard InChI is InChI=1S/C33H32F3NO7/c1-3-5-21-6-10-24(11-7-21)42-30-28(38)25-14-15-27(43-32(39)22-8-12-23(13-9-22)41-4-2)26(20-37-16-18-40-19-17-37)29(25)44-31(30)33(34,35)36/h6-15H,3-5,16-20H2,1-2H3. The van der Waals surface area contributed by atoms with Gasteiger partial charge in [-0.05, 0) is 67.4 Å². The molecule has 5 rings (SSSR count). The van der Waals surface area contributed by atoms with Gasteiger partial charge in [-0.2, -0.15) is 13.2 Å². The smallest absolute Gasteiger partial charge is 0.453 e. The van der Waals surface area contributed by atoms with Crippen LogP contribution in [0.3, 0.4) is 0 Å². The van der Waals surface area contributed by atoms with Crippen molar-refractivity contribution < 1.29 is 41.3 Å². The highest BCUT2D eigenvalue weighted by atomic mass is 19.4. The first kappa shape index (κ1) is 31.1. The molecule has 4 aromatic rings. The summed E-state index contributed by atoms with van der Waals surface area (Å²) in [6.07, 6.45) is -3.36. The highest BCUT2D eigenvalue weighted by Crippen LogP contribution is 2.40. The van der Waals surface area contributed by atoms with Crippen LogP contribution in [0.2, 0.25) is 0 Å². The first-order valence-corrected chi connectivity index (χ1v) is 14.4. The molecule has 0 saturated carbocycles. The zero-order valence-electron chi connectivity index (χ0n) is 24.4. The number of halogens is 3. The molecule has 1 fully saturated rings. The Morgan fingerprint density at radius 3 is 2.25 bits per heavy atom. The van der Waals surface area contributed by atoms with Crippen molar-refractivity contribution in [2.24, 2.45) is 0 Å². The van der Waals surface area contributed by atoms with Crippen molar-refractivity contribution >= 4 is 16.9 Å². The van der Waals surface area contributed by atoms with Crippen LogP contribution in [0.1, 0.15) is 47.5 Å². The average Bonchev–Trinajstić information content (AvgIpc) is 3.01. The molecule has 0 N–H and O–H groups in total. The number of hydrogen-bond acceptors (Lipinski definition) is 8. The Morgan fingerprint density at radius 2 is 1.61 bits per heavy atom. The summed E-state index contributed by atoms with van der Waals surface area (Å²) in [7, 11) is 0. The number of aryl methyl sites for hydroxylation is 1. The lowest BCUT2D eigenvalue weighted by atomic mass is 10.1. The number of alkyl halides is 3. The lowest BCUT2D eigenvalue weighted by Crippen LogP contribution is -2.36. The minimum Gasteiger partial charge on any atom is -0.494 e.